The van der Waals surface area contributed by atoms with Gasteiger partial charge in [0.1, 0.15) is 0 Å². The van der Waals surface area contributed by atoms with Gasteiger partial charge in [0.05, 0.1) is 0 Å². The molecule has 0 bridgehead atoms. The first-order valence-electron chi connectivity index (χ1n) is 6.97. The Morgan fingerprint density at radius 3 is 2.47 bits per heavy atom. The molecule has 0 aliphatic heterocycles. The van der Waals surface area contributed by atoms with Crippen LogP contribution in [-0.4, -0.2) is 5.78 Å². The molecule has 17 heavy (non-hydrogen) atoms. The SMILES string of the molecule is CC1=C2C[C@H](C(C)(C)C)CC[C@]2(C)CCC1=O. The van der Waals surface area contributed by atoms with Gasteiger partial charge in [0, 0.05) is 6.42 Å². The molecule has 0 radical (unpaired) electrons. The maximum Gasteiger partial charge on any atom is 0.158 e. The summed E-state index contributed by atoms with van der Waals surface area (Å²) in [5.74, 6) is 1.14. The van der Waals surface area contributed by atoms with Crippen LogP contribution in [0.4, 0.5) is 0 Å². The summed E-state index contributed by atoms with van der Waals surface area (Å²) < 4.78 is 0. The summed E-state index contributed by atoms with van der Waals surface area (Å²) in [6.45, 7) is 11.4. The lowest BCUT2D eigenvalue weighted by Crippen LogP contribution is -2.36. The zero-order valence-corrected chi connectivity index (χ0v) is 12.0. The second-order valence-electron chi connectivity index (χ2n) is 7.39. The minimum Gasteiger partial charge on any atom is -0.295 e. The quantitative estimate of drug-likeness (QED) is 0.602. The Bertz CT molecular complexity index is 369. The van der Waals surface area contributed by atoms with Crippen LogP contribution in [0.15, 0.2) is 11.1 Å². The molecule has 0 aromatic rings. The molecule has 0 N–H and O–H groups in total. The molecule has 0 saturated heterocycles. The van der Waals surface area contributed by atoms with Gasteiger partial charge in [-0.25, -0.2) is 0 Å². The third-order valence-electron chi connectivity index (χ3n) is 5.22. The van der Waals surface area contributed by atoms with Gasteiger partial charge in [-0.1, -0.05) is 33.3 Å². The molecule has 0 amide bonds. The smallest absolute Gasteiger partial charge is 0.158 e. The number of carbonyl (C=O) groups is 1. The van der Waals surface area contributed by atoms with Crippen LogP contribution in [0, 0.1) is 16.7 Å². The van der Waals surface area contributed by atoms with Gasteiger partial charge in [-0.2, -0.15) is 0 Å². The number of hydrogen-bond acceptors (Lipinski definition) is 1. The fraction of sp³-hybridized carbons (Fsp3) is 0.812. The lowest BCUT2D eigenvalue weighted by atomic mass is 9.58. The zero-order chi connectivity index (χ0) is 12.8. The summed E-state index contributed by atoms with van der Waals surface area (Å²) in [6.07, 6.45) is 5.60. The molecular weight excluding hydrogens is 208 g/mol. The molecule has 1 heteroatoms. The first kappa shape index (κ1) is 12.9. The zero-order valence-electron chi connectivity index (χ0n) is 12.0. The second kappa shape index (κ2) is 3.96. The van der Waals surface area contributed by atoms with Crippen LogP contribution in [0.5, 0.6) is 0 Å². The predicted octanol–water partition coefficient (Wildman–Crippen LogP) is 4.52. The molecule has 0 unspecified atom stereocenters. The number of carbonyl (C=O) groups excluding carboxylic acids is 1. The highest BCUT2D eigenvalue weighted by molar-refractivity contribution is 5.96. The van der Waals surface area contributed by atoms with Crippen molar-refractivity contribution in [3.63, 3.8) is 0 Å². The van der Waals surface area contributed by atoms with E-state index in [-0.39, 0.29) is 0 Å². The van der Waals surface area contributed by atoms with Crippen molar-refractivity contribution in [1.82, 2.24) is 0 Å². The Kier molecular flexibility index (Phi) is 3.00. The highest BCUT2D eigenvalue weighted by Crippen LogP contribution is 2.53. The minimum absolute atomic E-state index is 0.333. The van der Waals surface area contributed by atoms with E-state index in [9.17, 15) is 4.79 Å². The molecule has 2 rings (SSSR count). The first-order valence-corrected chi connectivity index (χ1v) is 6.97. The van der Waals surface area contributed by atoms with Crippen molar-refractivity contribution in [3.05, 3.63) is 11.1 Å². The molecule has 2 atom stereocenters. The van der Waals surface area contributed by atoms with Crippen LogP contribution in [0.25, 0.3) is 0 Å². The lowest BCUT2D eigenvalue weighted by Gasteiger charge is -2.47. The van der Waals surface area contributed by atoms with E-state index in [1.54, 1.807) is 0 Å². The van der Waals surface area contributed by atoms with Crippen molar-refractivity contribution >= 4 is 5.78 Å². The molecule has 0 spiro atoms. The van der Waals surface area contributed by atoms with Gasteiger partial charge in [0.15, 0.2) is 5.78 Å². The van der Waals surface area contributed by atoms with E-state index in [0.717, 1.165) is 30.8 Å². The van der Waals surface area contributed by atoms with E-state index in [4.69, 9.17) is 0 Å². The number of rotatable bonds is 0. The van der Waals surface area contributed by atoms with Crippen molar-refractivity contribution < 1.29 is 4.79 Å². The summed E-state index contributed by atoms with van der Waals surface area (Å²) >= 11 is 0. The summed E-state index contributed by atoms with van der Waals surface area (Å²) in [7, 11) is 0. The van der Waals surface area contributed by atoms with E-state index < -0.39 is 0 Å². The molecule has 1 fully saturated rings. The number of fused-ring (bicyclic) bond motifs is 1. The Hall–Kier alpha value is -0.590. The van der Waals surface area contributed by atoms with Crippen molar-refractivity contribution in [1.29, 1.82) is 0 Å². The molecule has 0 aromatic carbocycles. The number of ketones is 1. The Balaban J connectivity index is 2.33. The fourth-order valence-electron chi connectivity index (χ4n) is 3.60. The van der Waals surface area contributed by atoms with E-state index in [1.165, 1.54) is 18.4 Å². The van der Waals surface area contributed by atoms with Gasteiger partial charge < -0.3 is 0 Å². The van der Waals surface area contributed by atoms with Crippen molar-refractivity contribution in [2.75, 3.05) is 0 Å². The second-order valence-corrected chi connectivity index (χ2v) is 7.39. The molecule has 0 aromatic heterocycles. The molecule has 96 valence electrons. The molecule has 1 nitrogen and oxygen atoms in total. The van der Waals surface area contributed by atoms with E-state index in [1.807, 2.05) is 0 Å². The molecular formula is C16H26O. The first-order chi connectivity index (χ1) is 7.74. The Morgan fingerprint density at radius 1 is 1.24 bits per heavy atom. The van der Waals surface area contributed by atoms with Crippen LogP contribution in [-0.2, 0) is 4.79 Å². The Labute approximate surface area is 106 Å². The average Bonchev–Trinajstić information content (AvgIpc) is 2.22. The molecule has 2 aliphatic carbocycles. The monoisotopic (exact) mass is 234 g/mol. The maximum atomic E-state index is 11.9. The van der Waals surface area contributed by atoms with Gasteiger partial charge in [0.2, 0.25) is 0 Å². The predicted molar refractivity (Wildman–Crippen MR) is 71.8 cm³/mol. The molecule has 1 saturated carbocycles. The van der Waals surface area contributed by atoms with Crippen LogP contribution < -0.4 is 0 Å². The van der Waals surface area contributed by atoms with Crippen molar-refractivity contribution in [2.24, 2.45) is 16.7 Å². The number of Topliss-reactive ketones (excluding diaryl/α,β-unsaturated/α-hetero) is 1. The lowest BCUT2D eigenvalue weighted by molar-refractivity contribution is -0.117. The van der Waals surface area contributed by atoms with Crippen molar-refractivity contribution in [2.45, 2.75) is 66.7 Å². The summed E-state index contributed by atoms with van der Waals surface area (Å²) in [5.41, 5.74) is 3.28. The van der Waals surface area contributed by atoms with Crippen LogP contribution in [0.1, 0.15) is 66.7 Å². The highest BCUT2D eigenvalue weighted by Gasteiger charge is 2.42. The third kappa shape index (κ3) is 2.21. The van der Waals surface area contributed by atoms with Crippen molar-refractivity contribution in [3.8, 4) is 0 Å². The number of allylic oxidation sites excluding steroid dienone is 2. The van der Waals surface area contributed by atoms with Crippen LogP contribution in [0.2, 0.25) is 0 Å². The van der Waals surface area contributed by atoms with E-state index >= 15 is 0 Å². The third-order valence-corrected chi connectivity index (χ3v) is 5.22. The summed E-state index contributed by atoms with van der Waals surface area (Å²) in [5, 5.41) is 0. The maximum absolute atomic E-state index is 11.9. The van der Waals surface area contributed by atoms with Gasteiger partial charge in [-0.05, 0) is 54.9 Å². The molecule has 2 aliphatic rings. The van der Waals surface area contributed by atoms with Crippen LogP contribution >= 0.6 is 0 Å². The summed E-state index contributed by atoms with van der Waals surface area (Å²) in [6, 6.07) is 0. The number of hydrogen-bond donors (Lipinski definition) is 0. The highest BCUT2D eigenvalue weighted by atomic mass is 16.1. The van der Waals surface area contributed by atoms with Crippen LogP contribution in [0.3, 0.4) is 0 Å². The minimum atomic E-state index is 0.333. The van der Waals surface area contributed by atoms with E-state index in [0.29, 0.717) is 16.6 Å². The van der Waals surface area contributed by atoms with Gasteiger partial charge >= 0.3 is 0 Å². The fourth-order valence-corrected chi connectivity index (χ4v) is 3.60. The normalized spacial score (nSPS) is 34.9. The standard InChI is InChI=1S/C16H26O/c1-11-13-10-12(15(2,3)4)6-8-16(13,5)9-7-14(11)17/h12H,6-10H2,1-5H3/t12-,16-/m1/s1. The van der Waals surface area contributed by atoms with E-state index in [2.05, 4.69) is 34.6 Å². The van der Waals surface area contributed by atoms with Gasteiger partial charge in [0.25, 0.3) is 0 Å². The van der Waals surface area contributed by atoms with Gasteiger partial charge in [-0.3, -0.25) is 4.79 Å². The molecule has 0 heterocycles. The summed E-state index contributed by atoms with van der Waals surface area (Å²) in [4.78, 5) is 11.9. The average molecular weight is 234 g/mol. The Morgan fingerprint density at radius 2 is 1.88 bits per heavy atom. The topological polar surface area (TPSA) is 17.1 Å². The van der Waals surface area contributed by atoms with Gasteiger partial charge in [-0.15, -0.1) is 0 Å². The largest absolute Gasteiger partial charge is 0.295 e.